The van der Waals surface area contributed by atoms with Crippen LogP contribution in [0.4, 0.5) is 16.2 Å². The molecule has 38 heavy (non-hydrogen) atoms. The average Bonchev–Trinajstić information content (AvgIpc) is 3.17. The molecule has 194 valence electrons. The van der Waals surface area contributed by atoms with Gasteiger partial charge in [0.1, 0.15) is 18.0 Å². The normalized spacial score (nSPS) is 13.9. The van der Waals surface area contributed by atoms with Gasteiger partial charge in [0.25, 0.3) is 17.1 Å². The quantitative estimate of drug-likeness (QED) is 0.250. The maximum Gasteiger partial charge on any atom is 0.294 e. The average molecular weight is 643 g/mol. The van der Waals surface area contributed by atoms with E-state index >= 15 is 0 Å². The molecule has 3 aromatic rings. The molecule has 1 aliphatic rings. The van der Waals surface area contributed by atoms with E-state index in [0.717, 1.165) is 20.2 Å². The summed E-state index contributed by atoms with van der Waals surface area (Å²) in [5.74, 6) is -0.352. The zero-order valence-corrected chi connectivity index (χ0v) is 23.1. The molecule has 0 spiro atoms. The Hall–Kier alpha value is -3.84. The van der Waals surface area contributed by atoms with Gasteiger partial charge >= 0.3 is 0 Å². The Labute approximate surface area is 236 Å². The number of hydrogen-bond donors (Lipinski definition) is 2. The second-order valence-corrected chi connectivity index (χ2v) is 10.2. The number of amides is 4. The molecule has 1 fully saturated rings. The van der Waals surface area contributed by atoms with Gasteiger partial charge in [-0.1, -0.05) is 24.3 Å². The van der Waals surface area contributed by atoms with Gasteiger partial charge in [0, 0.05) is 9.26 Å². The largest absolute Gasteiger partial charge is 0.495 e. The lowest BCUT2D eigenvalue weighted by atomic mass is 10.2. The topological polar surface area (TPSA) is 114 Å². The van der Waals surface area contributed by atoms with E-state index in [2.05, 4.69) is 33.2 Å². The number of methoxy groups -OCH3 is 1. The number of nitrogens with zero attached hydrogens (tertiary/aromatic N) is 1. The van der Waals surface area contributed by atoms with Crippen molar-refractivity contribution < 1.29 is 28.7 Å². The Morgan fingerprint density at radius 1 is 0.947 bits per heavy atom. The highest BCUT2D eigenvalue weighted by Gasteiger charge is 2.36. The molecule has 11 heteroatoms. The molecular formula is C27H22IN3O6S. The second kappa shape index (κ2) is 12.6. The van der Waals surface area contributed by atoms with E-state index in [0.29, 0.717) is 28.4 Å². The molecule has 0 saturated carbocycles. The third-order valence-corrected chi connectivity index (χ3v) is 6.86. The summed E-state index contributed by atoms with van der Waals surface area (Å²) in [6.45, 7) is -0.585. The molecule has 0 atom stereocenters. The van der Waals surface area contributed by atoms with E-state index < -0.39 is 17.1 Å². The molecule has 0 aliphatic carbocycles. The molecule has 9 nitrogen and oxygen atoms in total. The Bertz CT molecular complexity index is 1390. The third-order valence-electron chi connectivity index (χ3n) is 5.23. The summed E-state index contributed by atoms with van der Waals surface area (Å²) in [6.07, 6.45) is 1.57. The van der Waals surface area contributed by atoms with Crippen molar-refractivity contribution in [2.24, 2.45) is 0 Å². The minimum absolute atomic E-state index is 0.208. The van der Waals surface area contributed by atoms with Gasteiger partial charge in [0.05, 0.1) is 17.7 Å². The molecule has 0 aromatic heterocycles. The standard InChI is InChI=1S/C27H22IN3O6S/c1-36-22-5-3-2-4-21(22)30-25(33)16-37-20-12-6-17(7-13-20)14-23-26(34)31(27(35)38-23)15-24(32)29-19-10-8-18(28)9-11-19/h2-14H,15-16H2,1H3,(H,29,32)(H,30,33)/b23-14-. The summed E-state index contributed by atoms with van der Waals surface area (Å²) in [7, 11) is 1.52. The van der Waals surface area contributed by atoms with Crippen molar-refractivity contribution in [3.05, 3.63) is 86.8 Å². The van der Waals surface area contributed by atoms with Gasteiger partial charge in [-0.3, -0.25) is 24.1 Å². The zero-order valence-electron chi connectivity index (χ0n) is 20.1. The molecule has 1 heterocycles. The van der Waals surface area contributed by atoms with Crippen molar-refractivity contribution in [3.63, 3.8) is 0 Å². The van der Waals surface area contributed by atoms with Crippen LogP contribution in [-0.4, -0.2) is 48.1 Å². The number of imide groups is 1. The van der Waals surface area contributed by atoms with E-state index in [1.807, 2.05) is 12.1 Å². The van der Waals surface area contributed by atoms with Crippen molar-refractivity contribution in [1.82, 2.24) is 4.90 Å². The predicted octanol–water partition coefficient (Wildman–Crippen LogP) is 4.99. The van der Waals surface area contributed by atoms with Crippen LogP contribution in [0.5, 0.6) is 11.5 Å². The number of ether oxygens (including phenoxy) is 2. The number of halogens is 1. The molecule has 0 radical (unpaired) electrons. The summed E-state index contributed by atoms with van der Waals surface area (Å²) in [4.78, 5) is 50.8. The molecule has 1 saturated heterocycles. The Morgan fingerprint density at radius 3 is 2.37 bits per heavy atom. The van der Waals surface area contributed by atoms with Crippen molar-refractivity contribution in [1.29, 1.82) is 0 Å². The van der Waals surface area contributed by atoms with Gasteiger partial charge < -0.3 is 20.1 Å². The first kappa shape index (κ1) is 27.2. The molecular weight excluding hydrogens is 621 g/mol. The van der Waals surface area contributed by atoms with E-state index in [4.69, 9.17) is 9.47 Å². The van der Waals surface area contributed by atoms with Crippen LogP contribution in [0.15, 0.2) is 77.7 Å². The highest BCUT2D eigenvalue weighted by atomic mass is 127. The number of benzene rings is 3. The van der Waals surface area contributed by atoms with Crippen molar-refractivity contribution in [3.8, 4) is 11.5 Å². The number of para-hydroxylation sites is 2. The fourth-order valence-electron chi connectivity index (χ4n) is 3.41. The van der Waals surface area contributed by atoms with Crippen LogP contribution >= 0.6 is 34.4 Å². The Balaban J connectivity index is 1.31. The number of rotatable bonds is 9. The lowest BCUT2D eigenvalue weighted by Crippen LogP contribution is -2.36. The highest BCUT2D eigenvalue weighted by Crippen LogP contribution is 2.32. The lowest BCUT2D eigenvalue weighted by Gasteiger charge is -2.12. The number of thioether (sulfide) groups is 1. The first-order valence-corrected chi connectivity index (χ1v) is 13.2. The minimum Gasteiger partial charge on any atom is -0.495 e. The van der Waals surface area contributed by atoms with Crippen molar-refractivity contribution in [2.75, 3.05) is 30.9 Å². The van der Waals surface area contributed by atoms with Crippen LogP contribution in [0.2, 0.25) is 0 Å². The van der Waals surface area contributed by atoms with E-state index in [9.17, 15) is 19.2 Å². The maximum absolute atomic E-state index is 12.7. The molecule has 0 unspecified atom stereocenters. The Kier molecular flexibility index (Phi) is 9.02. The molecule has 3 aromatic carbocycles. The number of carbonyl (C=O) groups excluding carboxylic acids is 4. The van der Waals surface area contributed by atoms with Gasteiger partial charge in [-0.15, -0.1) is 0 Å². The van der Waals surface area contributed by atoms with Crippen LogP contribution in [0.3, 0.4) is 0 Å². The summed E-state index contributed by atoms with van der Waals surface area (Å²) in [5.41, 5.74) is 1.78. The summed E-state index contributed by atoms with van der Waals surface area (Å²) >= 11 is 2.93. The zero-order chi connectivity index (χ0) is 27.1. The smallest absolute Gasteiger partial charge is 0.294 e. The minimum atomic E-state index is -0.536. The van der Waals surface area contributed by atoms with E-state index in [1.165, 1.54) is 7.11 Å². The van der Waals surface area contributed by atoms with Gasteiger partial charge in [-0.05, 0) is 94.5 Å². The number of carbonyl (C=O) groups is 4. The van der Waals surface area contributed by atoms with Crippen LogP contribution in [0.25, 0.3) is 6.08 Å². The molecule has 4 rings (SSSR count). The SMILES string of the molecule is COc1ccccc1NC(=O)COc1ccc(/C=C2\SC(=O)N(CC(=O)Nc3ccc(I)cc3)C2=O)cc1. The second-order valence-electron chi connectivity index (χ2n) is 7.93. The highest BCUT2D eigenvalue weighted by molar-refractivity contribution is 14.1. The predicted molar refractivity (Wildman–Crippen MR) is 154 cm³/mol. The van der Waals surface area contributed by atoms with Crippen LogP contribution in [-0.2, 0) is 14.4 Å². The number of anilines is 2. The van der Waals surface area contributed by atoms with Crippen molar-refractivity contribution >= 4 is 74.8 Å². The van der Waals surface area contributed by atoms with Gasteiger partial charge in [0.15, 0.2) is 6.61 Å². The van der Waals surface area contributed by atoms with E-state index in [-0.39, 0.29) is 24.0 Å². The van der Waals surface area contributed by atoms with E-state index in [1.54, 1.807) is 66.7 Å². The van der Waals surface area contributed by atoms with Crippen molar-refractivity contribution in [2.45, 2.75) is 0 Å². The van der Waals surface area contributed by atoms with Crippen LogP contribution in [0.1, 0.15) is 5.56 Å². The van der Waals surface area contributed by atoms with Gasteiger partial charge in [-0.25, -0.2) is 0 Å². The first-order chi connectivity index (χ1) is 18.3. The van der Waals surface area contributed by atoms with Crippen LogP contribution < -0.4 is 20.1 Å². The number of hydrogen-bond acceptors (Lipinski definition) is 7. The Morgan fingerprint density at radius 2 is 1.66 bits per heavy atom. The summed E-state index contributed by atoms with van der Waals surface area (Å²) < 4.78 is 11.8. The third kappa shape index (κ3) is 7.13. The molecule has 4 amide bonds. The number of nitrogens with one attached hydrogen (secondary N) is 2. The molecule has 1 aliphatic heterocycles. The molecule has 2 N–H and O–H groups in total. The van der Waals surface area contributed by atoms with Crippen LogP contribution in [0, 0.1) is 3.57 Å². The first-order valence-electron chi connectivity index (χ1n) is 11.3. The summed E-state index contributed by atoms with van der Waals surface area (Å²) in [6, 6.07) is 20.9. The fraction of sp³-hybridized carbons (Fsp3) is 0.111. The maximum atomic E-state index is 12.7. The van der Waals surface area contributed by atoms with Gasteiger partial charge in [0.2, 0.25) is 5.91 Å². The monoisotopic (exact) mass is 643 g/mol. The lowest BCUT2D eigenvalue weighted by molar-refractivity contribution is -0.127. The van der Waals surface area contributed by atoms with Gasteiger partial charge in [-0.2, -0.15) is 0 Å². The fourth-order valence-corrected chi connectivity index (χ4v) is 4.61. The summed E-state index contributed by atoms with van der Waals surface area (Å²) in [5, 5.41) is 4.90. The molecule has 0 bridgehead atoms.